The maximum atomic E-state index is 12.8. The van der Waals surface area contributed by atoms with Gasteiger partial charge in [0, 0.05) is 12.7 Å². The van der Waals surface area contributed by atoms with Gasteiger partial charge in [-0.1, -0.05) is 23.5 Å². The van der Waals surface area contributed by atoms with Gasteiger partial charge in [0.2, 0.25) is 0 Å². The first kappa shape index (κ1) is 15.1. The average Bonchev–Trinajstić information content (AvgIpc) is 2.73. The van der Waals surface area contributed by atoms with E-state index >= 15 is 0 Å². The molecule has 0 radical (unpaired) electrons. The standard InChI is InChI=1S/C14H14FN3O2S/c1-8(10-4-6-11(15)7-5-10)16-17-13(19)12-9(2)18(3)14(20)21-12/h4-7H,1-3H3,(H,17,19). The van der Waals surface area contributed by atoms with Gasteiger partial charge >= 0.3 is 4.87 Å². The third-order valence-electron chi connectivity index (χ3n) is 3.09. The van der Waals surface area contributed by atoms with Gasteiger partial charge in [-0.25, -0.2) is 9.82 Å². The van der Waals surface area contributed by atoms with Crippen LogP contribution < -0.4 is 10.3 Å². The zero-order valence-electron chi connectivity index (χ0n) is 11.8. The molecule has 0 aliphatic rings. The summed E-state index contributed by atoms with van der Waals surface area (Å²) in [7, 11) is 1.61. The van der Waals surface area contributed by atoms with Gasteiger partial charge in [-0.2, -0.15) is 5.10 Å². The number of carbonyl (C=O) groups is 1. The van der Waals surface area contributed by atoms with Crippen molar-refractivity contribution >= 4 is 23.0 Å². The van der Waals surface area contributed by atoms with E-state index < -0.39 is 5.91 Å². The Bertz CT molecular complexity index is 760. The Morgan fingerprint density at radius 1 is 1.33 bits per heavy atom. The van der Waals surface area contributed by atoms with Crippen molar-refractivity contribution in [1.29, 1.82) is 0 Å². The van der Waals surface area contributed by atoms with Crippen molar-refractivity contribution in [3.05, 3.63) is 55.9 Å². The van der Waals surface area contributed by atoms with Gasteiger partial charge in [0.25, 0.3) is 5.91 Å². The number of nitrogens with zero attached hydrogens (tertiary/aromatic N) is 2. The van der Waals surface area contributed by atoms with Crippen LogP contribution >= 0.6 is 11.3 Å². The molecule has 0 saturated carbocycles. The first-order valence-electron chi connectivity index (χ1n) is 6.17. The average molecular weight is 307 g/mol. The van der Waals surface area contributed by atoms with Crippen LogP contribution in [0.4, 0.5) is 4.39 Å². The Morgan fingerprint density at radius 2 is 1.95 bits per heavy atom. The molecule has 0 aliphatic heterocycles. The summed E-state index contributed by atoms with van der Waals surface area (Å²) in [5.74, 6) is -0.767. The molecule has 0 saturated heterocycles. The van der Waals surface area contributed by atoms with Crippen LogP contribution in [0.1, 0.15) is 27.9 Å². The van der Waals surface area contributed by atoms with E-state index in [2.05, 4.69) is 10.5 Å². The van der Waals surface area contributed by atoms with Gasteiger partial charge in [-0.05, 0) is 31.5 Å². The van der Waals surface area contributed by atoms with E-state index in [0.717, 1.165) is 11.3 Å². The van der Waals surface area contributed by atoms with Gasteiger partial charge in [-0.15, -0.1) is 0 Å². The molecule has 7 heteroatoms. The zero-order chi connectivity index (χ0) is 15.6. The van der Waals surface area contributed by atoms with Crippen LogP contribution in [0.2, 0.25) is 0 Å². The van der Waals surface area contributed by atoms with E-state index in [4.69, 9.17) is 0 Å². The SMILES string of the molecule is CC(=NNC(=O)c1sc(=O)n(C)c1C)c1ccc(F)cc1. The fourth-order valence-corrected chi connectivity index (χ4v) is 2.54. The lowest BCUT2D eigenvalue weighted by Crippen LogP contribution is -2.19. The highest BCUT2D eigenvalue weighted by atomic mass is 32.1. The van der Waals surface area contributed by atoms with Crippen LogP contribution in [-0.4, -0.2) is 16.2 Å². The molecule has 21 heavy (non-hydrogen) atoms. The second kappa shape index (κ2) is 6.01. The van der Waals surface area contributed by atoms with E-state index in [0.29, 0.717) is 21.8 Å². The first-order valence-corrected chi connectivity index (χ1v) is 6.98. The van der Waals surface area contributed by atoms with Crippen LogP contribution in [0, 0.1) is 12.7 Å². The molecule has 0 fully saturated rings. The Morgan fingerprint density at radius 3 is 2.48 bits per heavy atom. The van der Waals surface area contributed by atoms with Crippen LogP contribution in [0.3, 0.4) is 0 Å². The van der Waals surface area contributed by atoms with Gasteiger partial charge in [0.15, 0.2) is 0 Å². The van der Waals surface area contributed by atoms with Crippen LogP contribution in [0.25, 0.3) is 0 Å². The van der Waals surface area contributed by atoms with Crippen molar-refractivity contribution in [3.63, 3.8) is 0 Å². The fourth-order valence-electron chi connectivity index (χ4n) is 1.67. The Kier molecular flexibility index (Phi) is 4.32. The van der Waals surface area contributed by atoms with E-state index in [9.17, 15) is 14.0 Å². The number of carbonyl (C=O) groups excluding carboxylic acids is 1. The highest BCUT2D eigenvalue weighted by molar-refractivity contribution is 7.11. The molecule has 1 heterocycles. The zero-order valence-corrected chi connectivity index (χ0v) is 12.6. The largest absolute Gasteiger partial charge is 0.307 e. The van der Waals surface area contributed by atoms with Crippen LogP contribution in [0.15, 0.2) is 34.2 Å². The third kappa shape index (κ3) is 3.25. The molecule has 0 unspecified atom stereocenters. The van der Waals surface area contributed by atoms with Gasteiger partial charge in [0.05, 0.1) is 5.71 Å². The third-order valence-corrected chi connectivity index (χ3v) is 4.22. The summed E-state index contributed by atoms with van der Waals surface area (Å²) in [6, 6.07) is 5.80. The molecule has 0 spiro atoms. The summed E-state index contributed by atoms with van der Waals surface area (Å²) in [6.07, 6.45) is 0. The number of amides is 1. The van der Waals surface area contributed by atoms with E-state index in [1.165, 1.54) is 16.7 Å². The molecule has 1 aromatic carbocycles. The van der Waals surface area contributed by atoms with E-state index in [1.807, 2.05) is 0 Å². The first-order chi connectivity index (χ1) is 9.90. The summed E-state index contributed by atoms with van der Waals surface area (Å²) in [4.78, 5) is 23.6. The second-order valence-electron chi connectivity index (χ2n) is 4.49. The molecule has 1 aromatic heterocycles. The fraction of sp³-hybridized carbons (Fsp3) is 0.214. The lowest BCUT2D eigenvalue weighted by Gasteiger charge is -2.02. The molecular formula is C14H14FN3O2S. The number of benzene rings is 1. The predicted molar refractivity (Wildman–Crippen MR) is 80.4 cm³/mol. The van der Waals surface area contributed by atoms with Crippen molar-refractivity contribution in [1.82, 2.24) is 9.99 Å². The van der Waals surface area contributed by atoms with Crippen molar-refractivity contribution in [2.75, 3.05) is 0 Å². The topological polar surface area (TPSA) is 63.5 Å². The van der Waals surface area contributed by atoms with Crippen molar-refractivity contribution < 1.29 is 9.18 Å². The number of aromatic nitrogens is 1. The molecule has 5 nitrogen and oxygen atoms in total. The van der Waals surface area contributed by atoms with Crippen molar-refractivity contribution in [2.45, 2.75) is 13.8 Å². The highest BCUT2D eigenvalue weighted by Gasteiger charge is 2.15. The predicted octanol–water partition coefficient (Wildman–Crippen LogP) is 2.05. The Hall–Kier alpha value is -2.28. The summed E-state index contributed by atoms with van der Waals surface area (Å²) in [5.41, 5.74) is 4.25. The Balaban J connectivity index is 2.16. The monoisotopic (exact) mass is 307 g/mol. The highest BCUT2D eigenvalue weighted by Crippen LogP contribution is 2.10. The number of rotatable bonds is 3. The molecule has 0 aliphatic carbocycles. The van der Waals surface area contributed by atoms with Gasteiger partial charge in [0.1, 0.15) is 10.7 Å². The number of halogens is 1. The number of thiazole rings is 1. The minimum Gasteiger partial charge on any atom is -0.306 e. The summed E-state index contributed by atoms with van der Waals surface area (Å²) >= 11 is 0.875. The second-order valence-corrected chi connectivity index (χ2v) is 5.45. The normalized spacial score (nSPS) is 11.5. The maximum Gasteiger partial charge on any atom is 0.307 e. The number of hydrogen-bond acceptors (Lipinski definition) is 4. The number of nitrogens with one attached hydrogen (secondary N) is 1. The molecule has 110 valence electrons. The summed E-state index contributed by atoms with van der Waals surface area (Å²) in [5, 5.41) is 3.97. The quantitative estimate of drug-likeness (QED) is 0.697. The van der Waals surface area contributed by atoms with Gasteiger partial charge < -0.3 is 4.57 Å². The van der Waals surface area contributed by atoms with E-state index in [-0.39, 0.29) is 10.7 Å². The molecule has 1 amide bonds. The lowest BCUT2D eigenvalue weighted by molar-refractivity contribution is 0.0958. The van der Waals surface area contributed by atoms with Crippen molar-refractivity contribution in [3.8, 4) is 0 Å². The van der Waals surface area contributed by atoms with Crippen LogP contribution in [-0.2, 0) is 7.05 Å². The van der Waals surface area contributed by atoms with Crippen molar-refractivity contribution in [2.24, 2.45) is 12.1 Å². The number of hydrazone groups is 1. The molecular weight excluding hydrogens is 293 g/mol. The minimum atomic E-state index is -0.434. The number of hydrogen-bond donors (Lipinski definition) is 1. The lowest BCUT2D eigenvalue weighted by atomic mass is 10.1. The molecule has 2 aromatic rings. The molecule has 1 N–H and O–H groups in total. The molecule has 0 bridgehead atoms. The summed E-state index contributed by atoms with van der Waals surface area (Å²) in [6.45, 7) is 3.40. The van der Waals surface area contributed by atoms with Crippen LogP contribution in [0.5, 0.6) is 0 Å². The minimum absolute atomic E-state index is 0.197. The van der Waals surface area contributed by atoms with E-state index in [1.54, 1.807) is 33.0 Å². The molecule has 2 rings (SSSR count). The Labute approximate surface area is 124 Å². The maximum absolute atomic E-state index is 12.8. The smallest absolute Gasteiger partial charge is 0.306 e. The molecule has 0 atom stereocenters. The summed E-state index contributed by atoms with van der Waals surface area (Å²) < 4.78 is 14.2. The van der Waals surface area contributed by atoms with Gasteiger partial charge in [-0.3, -0.25) is 9.59 Å².